The van der Waals surface area contributed by atoms with Gasteiger partial charge in [-0.05, 0) is 77.5 Å². The fourth-order valence-corrected chi connectivity index (χ4v) is 3.72. The van der Waals surface area contributed by atoms with E-state index in [-0.39, 0.29) is 0 Å². The van der Waals surface area contributed by atoms with Crippen LogP contribution in [0.4, 0.5) is 0 Å². The number of hydrogen-bond donors (Lipinski definition) is 0. The third kappa shape index (κ3) is 5.85. The van der Waals surface area contributed by atoms with Gasteiger partial charge in [-0.1, -0.05) is 59.1 Å². The fourth-order valence-electron chi connectivity index (χ4n) is 2.84. The lowest BCUT2D eigenvalue weighted by Gasteiger charge is -2.07. The molecule has 23 heavy (non-hydrogen) atoms. The summed E-state index contributed by atoms with van der Waals surface area (Å²) in [6, 6.07) is 13.4. The van der Waals surface area contributed by atoms with Crippen molar-refractivity contribution >= 4 is 13.9 Å². The summed E-state index contributed by atoms with van der Waals surface area (Å²) in [5.74, 6) is 3.36. The second kappa shape index (κ2) is 8.90. The van der Waals surface area contributed by atoms with Crippen LogP contribution in [0.3, 0.4) is 0 Å². The zero-order chi connectivity index (χ0) is 16.7. The molecule has 0 radical (unpaired) electrons. The normalized spacial score (nSPS) is 10.8. The Labute approximate surface area is 143 Å². The van der Waals surface area contributed by atoms with E-state index < -0.39 is 0 Å². The number of rotatable bonds is 5. The first-order valence-corrected chi connectivity index (χ1v) is 9.43. The van der Waals surface area contributed by atoms with Crippen molar-refractivity contribution in [1.82, 2.24) is 0 Å². The molecule has 2 aromatic carbocycles. The molecule has 2 aromatic rings. The van der Waals surface area contributed by atoms with E-state index in [1.54, 1.807) is 0 Å². The van der Waals surface area contributed by atoms with Crippen LogP contribution in [-0.4, -0.2) is 0 Å². The summed E-state index contributed by atoms with van der Waals surface area (Å²) in [5.41, 5.74) is 10.3. The average Bonchev–Trinajstić information content (AvgIpc) is 2.50. The Kier molecular flexibility index (Phi) is 6.88. The molecule has 0 saturated heterocycles. The predicted molar refractivity (Wildman–Crippen MR) is 105 cm³/mol. The van der Waals surface area contributed by atoms with Crippen LogP contribution in [0.2, 0.25) is 0 Å². The van der Waals surface area contributed by atoms with Gasteiger partial charge in [-0.15, -0.1) is 0 Å². The summed E-state index contributed by atoms with van der Waals surface area (Å²) >= 11 is 0. The molecule has 1 heteroatoms. The van der Waals surface area contributed by atoms with Crippen molar-refractivity contribution < 1.29 is 0 Å². The third-order valence-electron chi connectivity index (χ3n) is 4.09. The predicted octanol–water partition coefficient (Wildman–Crippen LogP) is 5.60. The maximum atomic E-state index is 3.39. The molecule has 0 spiro atoms. The smallest absolute Gasteiger partial charge is 0.00922 e. The first-order valence-electron chi connectivity index (χ1n) is 8.43. The molecular formula is C22H27P. The van der Waals surface area contributed by atoms with Crippen LogP contribution in [0.5, 0.6) is 0 Å². The number of benzene rings is 2. The van der Waals surface area contributed by atoms with E-state index in [9.17, 15) is 0 Å². The van der Waals surface area contributed by atoms with Crippen molar-refractivity contribution in [3.8, 4) is 11.6 Å². The van der Waals surface area contributed by atoms with E-state index in [1.165, 1.54) is 52.4 Å². The molecule has 0 nitrogen and oxygen atoms in total. The van der Waals surface area contributed by atoms with E-state index in [1.807, 2.05) is 0 Å². The van der Waals surface area contributed by atoms with Gasteiger partial charge in [0.1, 0.15) is 0 Å². The molecule has 0 amide bonds. The molecule has 0 aliphatic heterocycles. The van der Waals surface area contributed by atoms with Gasteiger partial charge in [0.25, 0.3) is 0 Å². The highest BCUT2D eigenvalue weighted by Gasteiger charge is 2.01. The molecule has 0 bridgehead atoms. The minimum Gasteiger partial charge on any atom is -0.0986 e. The van der Waals surface area contributed by atoms with E-state index >= 15 is 0 Å². The van der Waals surface area contributed by atoms with Crippen LogP contribution >= 0.6 is 8.58 Å². The summed E-state index contributed by atoms with van der Waals surface area (Å²) in [7, 11) is 0.621. The molecule has 0 N–H and O–H groups in total. The zero-order valence-corrected chi connectivity index (χ0v) is 15.8. The van der Waals surface area contributed by atoms with Crippen LogP contribution in [0.1, 0.15) is 47.1 Å². The van der Waals surface area contributed by atoms with E-state index in [2.05, 4.69) is 75.7 Å². The lowest BCUT2D eigenvalue weighted by atomic mass is 10.1. The number of hydrogen-bond acceptors (Lipinski definition) is 0. The van der Waals surface area contributed by atoms with Crippen molar-refractivity contribution in [2.45, 2.75) is 53.4 Å². The van der Waals surface area contributed by atoms with Gasteiger partial charge in [0.2, 0.25) is 0 Å². The maximum Gasteiger partial charge on any atom is 0.00922 e. The van der Waals surface area contributed by atoms with Crippen molar-refractivity contribution in [1.29, 1.82) is 0 Å². The Bertz CT molecular complexity index is 676. The van der Waals surface area contributed by atoms with Gasteiger partial charge < -0.3 is 0 Å². The molecule has 0 fully saturated rings. The van der Waals surface area contributed by atoms with Crippen LogP contribution in [0.25, 0.3) is 0 Å². The summed E-state index contributed by atoms with van der Waals surface area (Å²) in [4.78, 5) is 0. The summed E-state index contributed by atoms with van der Waals surface area (Å²) in [6.07, 6.45) is 4.60. The maximum absolute atomic E-state index is 3.39. The van der Waals surface area contributed by atoms with Crippen molar-refractivity contribution in [3.63, 3.8) is 0 Å². The molecule has 1 atom stereocenters. The summed E-state index contributed by atoms with van der Waals surface area (Å²) < 4.78 is 0. The van der Waals surface area contributed by atoms with Gasteiger partial charge in [0.15, 0.2) is 0 Å². The Morgan fingerprint density at radius 3 is 2.13 bits per heavy atom. The Hall–Kier alpha value is -1.57. The van der Waals surface area contributed by atoms with Gasteiger partial charge in [-0.2, -0.15) is 0 Å². The molecular weight excluding hydrogens is 295 g/mol. The van der Waals surface area contributed by atoms with Gasteiger partial charge in [-0.3, -0.25) is 0 Å². The van der Waals surface area contributed by atoms with Crippen molar-refractivity contribution in [2.75, 3.05) is 0 Å². The highest BCUT2D eigenvalue weighted by molar-refractivity contribution is 7.52. The first-order chi connectivity index (χ1) is 11.1. The largest absolute Gasteiger partial charge is 0.0986 e. The van der Waals surface area contributed by atoms with Gasteiger partial charge >= 0.3 is 0 Å². The van der Waals surface area contributed by atoms with Crippen molar-refractivity contribution in [2.24, 2.45) is 0 Å². The summed E-state index contributed by atoms with van der Waals surface area (Å²) in [5, 5.41) is 1.43. The van der Waals surface area contributed by atoms with Gasteiger partial charge in [0.05, 0.1) is 0 Å². The SMILES string of the molecule is Cc1ccc(CCCCC#CPc2c(C)cc(C)cc2C)cc1. The van der Waals surface area contributed by atoms with Crippen LogP contribution in [0, 0.1) is 39.3 Å². The lowest BCUT2D eigenvalue weighted by Crippen LogP contribution is -2.04. The van der Waals surface area contributed by atoms with Crippen LogP contribution in [-0.2, 0) is 6.42 Å². The average molecular weight is 322 g/mol. The third-order valence-corrected chi connectivity index (χ3v) is 5.43. The van der Waals surface area contributed by atoms with Gasteiger partial charge in [0, 0.05) is 6.42 Å². The Balaban J connectivity index is 1.73. The minimum absolute atomic E-state index is 0.621. The minimum atomic E-state index is 0.621. The molecule has 0 aliphatic rings. The monoisotopic (exact) mass is 322 g/mol. The topological polar surface area (TPSA) is 0 Å². The molecule has 0 aromatic heterocycles. The molecule has 0 heterocycles. The highest BCUT2D eigenvalue weighted by Crippen LogP contribution is 2.17. The second-order valence-corrected chi connectivity index (χ2v) is 7.39. The molecule has 0 aliphatic carbocycles. The van der Waals surface area contributed by atoms with Crippen LogP contribution < -0.4 is 5.30 Å². The second-order valence-electron chi connectivity index (χ2n) is 6.39. The van der Waals surface area contributed by atoms with E-state index in [4.69, 9.17) is 0 Å². The lowest BCUT2D eigenvalue weighted by molar-refractivity contribution is 0.756. The zero-order valence-electron chi connectivity index (χ0n) is 14.8. The van der Waals surface area contributed by atoms with E-state index in [0.29, 0.717) is 8.58 Å². The molecule has 120 valence electrons. The molecule has 2 rings (SSSR count). The summed E-state index contributed by atoms with van der Waals surface area (Å²) in [6.45, 7) is 8.70. The number of unbranched alkanes of at least 4 members (excludes halogenated alkanes) is 2. The van der Waals surface area contributed by atoms with Crippen molar-refractivity contribution in [3.05, 3.63) is 64.2 Å². The fraction of sp³-hybridized carbons (Fsp3) is 0.364. The molecule has 0 saturated carbocycles. The Morgan fingerprint density at radius 2 is 1.48 bits per heavy atom. The van der Waals surface area contributed by atoms with E-state index in [0.717, 1.165) is 6.42 Å². The Morgan fingerprint density at radius 1 is 0.826 bits per heavy atom. The van der Waals surface area contributed by atoms with Crippen LogP contribution in [0.15, 0.2) is 36.4 Å². The molecule has 1 unspecified atom stereocenters. The standard InChI is InChI=1S/C22H27P/c1-17-10-12-21(13-11-17)9-7-5-6-8-14-23-22-19(3)15-18(2)16-20(22)4/h10-13,15-16,23H,5-7,9H2,1-4H3. The first kappa shape index (κ1) is 17.8. The quantitative estimate of drug-likeness (QED) is 0.382. The number of aryl methyl sites for hydroxylation is 5. The van der Waals surface area contributed by atoms with Gasteiger partial charge in [-0.25, -0.2) is 0 Å². The highest BCUT2D eigenvalue weighted by atomic mass is 31.1.